The van der Waals surface area contributed by atoms with Crippen LogP contribution < -0.4 is 0 Å². The first kappa shape index (κ1) is 61.5. The predicted molar refractivity (Wildman–Crippen MR) is 287 cm³/mol. The van der Waals surface area contributed by atoms with Crippen molar-refractivity contribution in [2.24, 2.45) is 0 Å². The van der Waals surface area contributed by atoms with Crippen LogP contribution in [0.2, 0.25) is 0 Å². The average Bonchev–Trinajstić information content (AvgIpc) is 3.32. The molecule has 0 aromatic carbocycles. The van der Waals surface area contributed by atoms with E-state index < -0.39 is 6.10 Å². The SMILES string of the molecule is CC/C=C\C/C=C\C/C=C\C/C=C\C/C=C\C/C=C\C/C=C\C/C=C\C/C=C\C/C=C\CCCCCCC(=O)OC(CO)COC(=O)CCCCCCCCC/C=C\C/C=C\C/C=C\CC. The van der Waals surface area contributed by atoms with Gasteiger partial charge in [-0.1, -0.05) is 217 Å². The summed E-state index contributed by atoms with van der Waals surface area (Å²) in [6.45, 7) is 3.87. The fraction of sp³-hybridized carbons (Fsp3) is 0.541. The van der Waals surface area contributed by atoms with Gasteiger partial charge >= 0.3 is 11.9 Å². The molecular weight excluding hydrogens is 813 g/mol. The van der Waals surface area contributed by atoms with E-state index in [2.05, 4.69) is 172 Å². The Balaban J connectivity index is 3.69. The molecule has 0 saturated heterocycles. The summed E-state index contributed by atoms with van der Waals surface area (Å²) < 4.78 is 10.6. The van der Waals surface area contributed by atoms with E-state index >= 15 is 0 Å². The summed E-state index contributed by atoms with van der Waals surface area (Å²) in [6, 6.07) is 0. The Kier molecular flexibility index (Phi) is 51.1. The van der Waals surface area contributed by atoms with Gasteiger partial charge in [0, 0.05) is 12.8 Å². The van der Waals surface area contributed by atoms with Crippen LogP contribution in [0.4, 0.5) is 0 Å². The summed E-state index contributed by atoms with van der Waals surface area (Å²) in [6.07, 6.45) is 84.8. The lowest BCUT2D eigenvalue weighted by atomic mass is 10.1. The molecule has 66 heavy (non-hydrogen) atoms. The number of hydrogen-bond acceptors (Lipinski definition) is 5. The maximum atomic E-state index is 12.3. The van der Waals surface area contributed by atoms with E-state index in [1.54, 1.807) is 0 Å². The van der Waals surface area contributed by atoms with E-state index in [9.17, 15) is 14.7 Å². The largest absolute Gasteiger partial charge is 0.462 e. The van der Waals surface area contributed by atoms with Gasteiger partial charge in [-0.05, 0) is 122 Å². The molecule has 0 aromatic heterocycles. The van der Waals surface area contributed by atoms with Gasteiger partial charge in [0.05, 0.1) is 6.61 Å². The van der Waals surface area contributed by atoms with Crippen LogP contribution in [-0.4, -0.2) is 36.4 Å². The van der Waals surface area contributed by atoms with Crippen LogP contribution in [0.25, 0.3) is 0 Å². The van der Waals surface area contributed by atoms with Gasteiger partial charge in [-0.15, -0.1) is 0 Å². The van der Waals surface area contributed by atoms with Crippen molar-refractivity contribution >= 4 is 11.9 Å². The van der Waals surface area contributed by atoms with E-state index in [4.69, 9.17) is 9.47 Å². The summed E-state index contributed by atoms with van der Waals surface area (Å²) >= 11 is 0. The van der Waals surface area contributed by atoms with Gasteiger partial charge in [-0.25, -0.2) is 0 Å². The van der Waals surface area contributed by atoms with Crippen LogP contribution in [-0.2, 0) is 19.1 Å². The summed E-state index contributed by atoms with van der Waals surface area (Å²) in [5.74, 6) is -0.645. The van der Waals surface area contributed by atoms with Crippen molar-refractivity contribution in [2.45, 2.75) is 200 Å². The quantitative estimate of drug-likeness (QED) is 0.0374. The molecule has 0 fully saturated rings. The lowest BCUT2D eigenvalue weighted by Gasteiger charge is -2.15. The van der Waals surface area contributed by atoms with Crippen LogP contribution in [0.3, 0.4) is 0 Å². The molecule has 0 rings (SSSR count). The zero-order chi connectivity index (χ0) is 47.7. The van der Waals surface area contributed by atoms with Crippen LogP contribution in [0, 0.1) is 0 Å². The van der Waals surface area contributed by atoms with Crippen LogP contribution >= 0.6 is 0 Å². The molecule has 1 atom stereocenters. The van der Waals surface area contributed by atoms with Gasteiger partial charge in [0.1, 0.15) is 6.61 Å². The topological polar surface area (TPSA) is 72.8 Å². The Morgan fingerprint density at radius 2 is 0.606 bits per heavy atom. The molecule has 0 aromatic rings. The van der Waals surface area contributed by atoms with Gasteiger partial charge in [0.2, 0.25) is 0 Å². The predicted octanol–water partition coefficient (Wildman–Crippen LogP) is 17.6. The minimum atomic E-state index is -0.803. The number of carbonyl (C=O) groups excluding carboxylic acids is 2. The molecule has 0 saturated carbocycles. The number of unbranched alkanes of at least 4 members (excludes halogenated alkanes) is 11. The molecular formula is C61H94O5. The zero-order valence-corrected chi connectivity index (χ0v) is 41.9. The van der Waals surface area contributed by atoms with Crippen molar-refractivity contribution in [3.63, 3.8) is 0 Å². The normalized spacial score (nSPS) is 13.6. The highest BCUT2D eigenvalue weighted by atomic mass is 16.6. The van der Waals surface area contributed by atoms with E-state index in [0.29, 0.717) is 12.8 Å². The lowest BCUT2D eigenvalue weighted by molar-refractivity contribution is -0.161. The van der Waals surface area contributed by atoms with Crippen LogP contribution in [0.5, 0.6) is 0 Å². The van der Waals surface area contributed by atoms with Gasteiger partial charge in [-0.2, -0.15) is 0 Å². The third kappa shape index (κ3) is 52.1. The Labute approximate surface area is 405 Å². The van der Waals surface area contributed by atoms with Crippen molar-refractivity contribution in [1.82, 2.24) is 0 Å². The minimum Gasteiger partial charge on any atom is -0.462 e. The van der Waals surface area contributed by atoms with E-state index in [0.717, 1.165) is 141 Å². The molecule has 0 aliphatic carbocycles. The number of ether oxygens (including phenoxy) is 2. The molecule has 368 valence electrons. The minimum absolute atomic E-state index is 0.0925. The second-order valence-corrected chi connectivity index (χ2v) is 16.5. The van der Waals surface area contributed by atoms with Gasteiger partial charge in [0.25, 0.3) is 0 Å². The first-order valence-electron chi connectivity index (χ1n) is 26.0. The highest BCUT2D eigenvalue weighted by molar-refractivity contribution is 5.70. The fourth-order valence-electron chi connectivity index (χ4n) is 6.48. The van der Waals surface area contributed by atoms with Crippen molar-refractivity contribution < 1.29 is 24.2 Å². The fourth-order valence-corrected chi connectivity index (χ4v) is 6.48. The average molecular weight is 907 g/mol. The Hall–Kier alpha value is -4.48. The maximum absolute atomic E-state index is 12.3. The van der Waals surface area contributed by atoms with E-state index in [1.165, 1.54) is 25.7 Å². The molecule has 1 unspecified atom stereocenters. The molecule has 0 radical (unpaired) electrons. The third-order valence-electron chi connectivity index (χ3n) is 10.3. The van der Waals surface area contributed by atoms with Crippen LogP contribution in [0.1, 0.15) is 194 Å². The molecule has 0 aliphatic heterocycles. The standard InChI is InChI=1S/C61H94O5/c1-3-5-7-9-11-13-15-17-19-21-22-23-24-25-26-27-28-29-30-31-32-33-34-35-36-37-38-40-42-44-46-48-50-52-54-56-61(64)66-59(57-62)58-65-60(63)55-53-51-49-47-45-43-41-39-20-18-16-14-12-10-8-6-4-2/h5-8,11-14,17-20,22-23,25-26,28-29,31-32,34-35,37-38,42,44,59,62H,3-4,9-10,15-16,21,24,27,30,33,36,39-41,43,45-58H2,1-2H3/b7-5-,8-6-,13-11-,14-12-,19-17-,20-18-,23-22-,26-25-,29-28-,32-31-,35-34-,38-37-,44-42-. The third-order valence-corrected chi connectivity index (χ3v) is 10.3. The second-order valence-electron chi connectivity index (χ2n) is 16.5. The molecule has 0 aliphatic rings. The Bertz CT molecular complexity index is 1490. The lowest BCUT2D eigenvalue weighted by Crippen LogP contribution is -2.28. The first-order chi connectivity index (χ1) is 32.6. The number of aliphatic hydroxyl groups excluding tert-OH is 1. The number of allylic oxidation sites excluding steroid dienone is 26. The van der Waals surface area contributed by atoms with Crippen molar-refractivity contribution in [3.8, 4) is 0 Å². The van der Waals surface area contributed by atoms with E-state index in [1.807, 2.05) is 0 Å². The summed E-state index contributed by atoms with van der Waals surface area (Å²) in [7, 11) is 0. The van der Waals surface area contributed by atoms with Crippen molar-refractivity contribution in [1.29, 1.82) is 0 Å². The van der Waals surface area contributed by atoms with Gasteiger partial charge in [0.15, 0.2) is 6.10 Å². The summed E-state index contributed by atoms with van der Waals surface area (Å²) in [4.78, 5) is 24.4. The number of hydrogen-bond donors (Lipinski definition) is 1. The van der Waals surface area contributed by atoms with Crippen molar-refractivity contribution in [3.05, 3.63) is 158 Å². The molecule has 0 bridgehead atoms. The summed E-state index contributed by atoms with van der Waals surface area (Å²) in [5.41, 5.74) is 0. The number of aliphatic hydroxyl groups is 1. The molecule has 0 amide bonds. The number of rotatable bonds is 45. The summed E-state index contributed by atoms with van der Waals surface area (Å²) in [5, 5.41) is 9.62. The zero-order valence-electron chi connectivity index (χ0n) is 41.9. The Morgan fingerprint density at radius 3 is 0.909 bits per heavy atom. The number of esters is 2. The van der Waals surface area contributed by atoms with Crippen LogP contribution in [0.15, 0.2) is 158 Å². The number of carbonyl (C=O) groups is 2. The molecule has 0 spiro atoms. The van der Waals surface area contributed by atoms with Gasteiger partial charge in [-0.3, -0.25) is 9.59 Å². The molecule has 5 heteroatoms. The molecule has 5 nitrogen and oxygen atoms in total. The maximum Gasteiger partial charge on any atom is 0.306 e. The molecule has 1 N–H and O–H groups in total. The first-order valence-corrected chi connectivity index (χ1v) is 26.0. The Morgan fingerprint density at radius 1 is 0.348 bits per heavy atom. The highest BCUT2D eigenvalue weighted by Gasteiger charge is 2.16. The molecule has 0 heterocycles. The smallest absolute Gasteiger partial charge is 0.306 e. The van der Waals surface area contributed by atoms with E-state index in [-0.39, 0.29) is 25.2 Å². The second kappa shape index (κ2) is 54.9. The van der Waals surface area contributed by atoms with Crippen molar-refractivity contribution in [2.75, 3.05) is 13.2 Å². The highest BCUT2D eigenvalue weighted by Crippen LogP contribution is 2.12. The monoisotopic (exact) mass is 907 g/mol. The van der Waals surface area contributed by atoms with Gasteiger partial charge < -0.3 is 14.6 Å².